The van der Waals surface area contributed by atoms with Gasteiger partial charge < -0.3 is 10.5 Å². The highest BCUT2D eigenvalue weighted by Crippen LogP contribution is 2.16. The molecule has 4 heteroatoms. The number of aryl methyl sites for hydroxylation is 1. The van der Waals surface area contributed by atoms with Gasteiger partial charge in [-0.3, -0.25) is 0 Å². The van der Waals surface area contributed by atoms with Gasteiger partial charge in [0.25, 0.3) is 0 Å². The van der Waals surface area contributed by atoms with Crippen molar-refractivity contribution in [3.63, 3.8) is 0 Å². The molecule has 16 heavy (non-hydrogen) atoms. The number of hydrogen-bond acceptors (Lipinski definition) is 4. The van der Waals surface area contributed by atoms with Crippen LogP contribution in [0.25, 0.3) is 0 Å². The van der Waals surface area contributed by atoms with Gasteiger partial charge in [0.2, 0.25) is 0 Å². The lowest BCUT2D eigenvalue weighted by Gasteiger charge is -2.05. The molecule has 1 aromatic carbocycles. The number of anilines is 1. The average molecular weight is 234 g/mol. The highest BCUT2D eigenvalue weighted by atomic mass is 32.1. The largest absolute Gasteiger partial charge is 0.493 e. The molecular formula is C12H14N2OS. The van der Waals surface area contributed by atoms with E-state index in [0.717, 1.165) is 22.9 Å². The molecule has 0 spiro atoms. The van der Waals surface area contributed by atoms with E-state index in [1.807, 2.05) is 30.5 Å². The third kappa shape index (κ3) is 2.97. The van der Waals surface area contributed by atoms with Crippen LogP contribution >= 0.6 is 11.3 Å². The van der Waals surface area contributed by atoms with E-state index in [9.17, 15) is 0 Å². The molecule has 0 atom stereocenters. The first-order chi connectivity index (χ1) is 7.74. The molecule has 0 fully saturated rings. The standard InChI is InChI=1S/C12H14N2OS/c1-9-8-14-12(16-9)5-6-15-11-4-2-3-10(13)7-11/h2-4,7-8H,5-6,13H2,1H3. The SMILES string of the molecule is Cc1cnc(CCOc2cccc(N)c2)s1. The molecule has 0 aliphatic carbocycles. The quantitative estimate of drug-likeness (QED) is 0.827. The molecule has 0 radical (unpaired) electrons. The van der Waals surface area contributed by atoms with Gasteiger partial charge in [0.15, 0.2) is 0 Å². The minimum absolute atomic E-state index is 0.635. The summed E-state index contributed by atoms with van der Waals surface area (Å²) in [5.41, 5.74) is 6.38. The second-order valence-corrected chi connectivity index (χ2v) is 4.85. The number of nitrogen functional groups attached to an aromatic ring is 1. The van der Waals surface area contributed by atoms with Crippen LogP contribution in [0.4, 0.5) is 5.69 Å². The van der Waals surface area contributed by atoms with Gasteiger partial charge in [-0.15, -0.1) is 11.3 Å². The third-order valence-electron chi connectivity index (χ3n) is 2.11. The lowest BCUT2D eigenvalue weighted by Crippen LogP contribution is -2.01. The molecule has 0 aliphatic heterocycles. The number of rotatable bonds is 4. The first-order valence-corrected chi connectivity index (χ1v) is 5.95. The summed E-state index contributed by atoms with van der Waals surface area (Å²) in [5.74, 6) is 0.813. The summed E-state index contributed by atoms with van der Waals surface area (Å²) in [4.78, 5) is 5.51. The van der Waals surface area contributed by atoms with Crippen LogP contribution in [0, 0.1) is 6.92 Å². The van der Waals surface area contributed by atoms with Crippen molar-refractivity contribution in [1.82, 2.24) is 4.98 Å². The summed E-state index contributed by atoms with van der Waals surface area (Å²) in [6, 6.07) is 7.46. The number of thiazole rings is 1. The van der Waals surface area contributed by atoms with E-state index in [1.165, 1.54) is 4.88 Å². The molecule has 0 saturated carbocycles. The van der Waals surface area contributed by atoms with Crippen molar-refractivity contribution >= 4 is 17.0 Å². The molecule has 0 aliphatic rings. The van der Waals surface area contributed by atoms with Crippen LogP contribution in [0.2, 0.25) is 0 Å². The second kappa shape index (κ2) is 4.99. The molecule has 3 nitrogen and oxygen atoms in total. The van der Waals surface area contributed by atoms with E-state index >= 15 is 0 Å². The summed E-state index contributed by atoms with van der Waals surface area (Å²) in [6.45, 7) is 2.69. The van der Waals surface area contributed by atoms with Crippen molar-refractivity contribution in [3.05, 3.63) is 40.3 Å². The number of ether oxygens (including phenoxy) is 1. The fourth-order valence-electron chi connectivity index (χ4n) is 1.38. The Morgan fingerprint density at radius 3 is 3.00 bits per heavy atom. The van der Waals surface area contributed by atoms with Crippen LogP contribution in [0.3, 0.4) is 0 Å². The van der Waals surface area contributed by atoms with Gasteiger partial charge in [0.05, 0.1) is 11.6 Å². The molecule has 2 N–H and O–H groups in total. The lowest BCUT2D eigenvalue weighted by atomic mass is 10.3. The Balaban J connectivity index is 1.84. The molecular weight excluding hydrogens is 220 g/mol. The van der Waals surface area contributed by atoms with Crippen molar-refractivity contribution in [2.24, 2.45) is 0 Å². The summed E-state index contributed by atoms with van der Waals surface area (Å²) >= 11 is 1.71. The number of benzene rings is 1. The smallest absolute Gasteiger partial charge is 0.121 e. The number of aromatic nitrogens is 1. The van der Waals surface area contributed by atoms with Crippen LogP contribution in [0.1, 0.15) is 9.88 Å². The first kappa shape index (κ1) is 11.0. The molecule has 0 saturated heterocycles. The van der Waals surface area contributed by atoms with E-state index in [2.05, 4.69) is 11.9 Å². The Hall–Kier alpha value is -1.55. The van der Waals surface area contributed by atoms with E-state index < -0.39 is 0 Å². The Morgan fingerprint density at radius 1 is 1.44 bits per heavy atom. The third-order valence-corrected chi connectivity index (χ3v) is 3.08. The summed E-state index contributed by atoms with van der Waals surface area (Å²) in [6.07, 6.45) is 2.73. The first-order valence-electron chi connectivity index (χ1n) is 5.14. The topological polar surface area (TPSA) is 48.1 Å². The Morgan fingerprint density at radius 2 is 2.31 bits per heavy atom. The fourth-order valence-corrected chi connectivity index (χ4v) is 2.15. The van der Waals surface area contributed by atoms with Gasteiger partial charge in [0.1, 0.15) is 5.75 Å². The Kier molecular flexibility index (Phi) is 3.41. The van der Waals surface area contributed by atoms with Crippen LogP contribution in [-0.2, 0) is 6.42 Å². The molecule has 2 rings (SSSR count). The van der Waals surface area contributed by atoms with Gasteiger partial charge >= 0.3 is 0 Å². The highest BCUT2D eigenvalue weighted by molar-refractivity contribution is 7.11. The highest BCUT2D eigenvalue weighted by Gasteiger charge is 1.99. The molecule has 1 heterocycles. The molecule has 1 aromatic heterocycles. The van der Waals surface area contributed by atoms with Crippen molar-refractivity contribution in [2.45, 2.75) is 13.3 Å². The van der Waals surface area contributed by atoms with Gasteiger partial charge in [-0.2, -0.15) is 0 Å². The van der Waals surface area contributed by atoms with Crippen LogP contribution in [0.15, 0.2) is 30.5 Å². The molecule has 0 unspecified atom stereocenters. The van der Waals surface area contributed by atoms with E-state index in [1.54, 1.807) is 11.3 Å². The summed E-state index contributed by atoms with van der Waals surface area (Å²) in [7, 11) is 0. The Bertz CT molecular complexity index is 468. The zero-order chi connectivity index (χ0) is 11.4. The monoisotopic (exact) mass is 234 g/mol. The number of nitrogens with zero attached hydrogens (tertiary/aromatic N) is 1. The fraction of sp³-hybridized carbons (Fsp3) is 0.250. The van der Waals surface area contributed by atoms with Gasteiger partial charge in [0, 0.05) is 29.2 Å². The molecule has 0 amide bonds. The predicted molar refractivity (Wildman–Crippen MR) is 66.9 cm³/mol. The van der Waals surface area contributed by atoms with Crippen molar-refractivity contribution in [2.75, 3.05) is 12.3 Å². The van der Waals surface area contributed by atoms with Crippen molar-refractivity contribution in [1.29, 1.82) is 0 Å². The van der Waals surface area contributed by atoms with Crippen LogP contribution in [-0.4, -0.2) is 11.6 Å². The molecule has 84 valence electrons. The van der Waals surface area contributed by atoms with E-state index in [0.29, 0.717) is 6.61 Å². The second-order valence-electron chi connectivity index (χ2n) is 3.54. The lowest BCUT2D eigenvalue weighted by molar-refractivity contribution is 0.322. The zero-order valence-corrected chi connectivity index (χ0v) is 9.96. The minimum atomic E-state index is 0.635. The van der Waals surface area contributed by atoms with Crippen molar-refractivity contribution < 1.29 is 4.74 Å². The maximum atomic E-state index is 5.65. The average Bonchev–Trinajstić information content (AvgIpc) is 2.64. The number of hydrogen-bond donors (Lipinski definition) is 1. The molecule has 2 aromatic rings. The zero-order valence-electron chi connectivity index (χ0n) is 9.14. The maximum absolute atomic E-state index is 5.65. The van der Waals surface area contributed by atoms with Crippen LogP contribution < -0.4 is 10.5 Å². The van der Waals surface area contributed by atoms with Gasteiger partial charge in [-0.1, -0.05) is 6.07 Å². The summed E-state index contributed by atoms with van der Waals surface area (Å²) in [5, 5.41) is 1.11. The Labute approximate surface area is 98.9 Å². The van der Waals surface area contributed by atoms with Gasteiger partial charge in [-0.25, -0.2) is 4.98 Å². The van der Waals surface area contributed by atoms with Crippen molar-refractivity contribution in [3.8, 4) is 5.75 Å². The van der Waals surface area contributed by atoms with Crippen LogP contribution in [0.5, 0.6) is 5.75 Å². The van der Waals surface area contributed by atoms with E-state index in [-0.39, 0.29) is 0 Å². The summed E-state index contributed by atoms with van der Waals surface area (Å²) < 4.78 is 5.59. The van der Waals surface area contributed by atoms with Gasteiger partial charge in [-0.05, 0) is 19.1 Å². The minimum Gasteiger partial charge on any atom is -0.493 e. The predicted octanol–water partition coefficient (Wildman–Crippen LogP) is 2.66. The maximum Gasteiger partial charge on any atom is 0.121 e. The van der Waals surface area contributed by atoms with E-state index in [4.69, 9.17) is 10.5 Å². The molecule has 0 bridgehead atoms. The normalized spacial score (nSPS) is 10.3. The number of nitrogens with two attached hydrogens (primary N) is 1.